The molecule has 0 spiro atoms. The molecule has 0 unspecified atom stereocenters. The highest BCUT2D eigenvalue weighted by Crippen LogP contribution is 2.37. The molecule has 0 radical (unpaired) electrons. The van der Waals surface area contributed by atoms with Crippen molar-refractivity contribution in [2.75, 3.05) is 6.54 Å². The summed E-state index contributed by atoms with van der Waals surface area (Å²) >= 11 is 0. The number of hydrogen-bond acceptors (Lipinski definition) is 2. The third-order valence-electron chi connectivity index (χ3n) is 5.03. The maximum atomic E-state index is 13.1. The van der Waals surface area contributed by atoms with E-state index in [9.17, 15) is 18.7 Å². The molecule has 2 N–H and O–H groups in total. The first-order valence-corrected chi connectivity index (χ1v) is 7.66. The largest absolute Gasteiger partial charge is 0.392 e. The van der Waals surface area contributed by atoms with E-state index in [1.165, 1.54) is 0 Å². The molecule has 2 aliphatic rings. The zero-order valence-electron chi connectivity index (χ0n) is 12.1. The molecule has 2 rings (SSSR count). The number of carbonyl (C=O) groups excluding carboxylic acids is 1. The molecule has 2 atom stereocenters. The van der Waals surface area contributed by atoms with Crippen molar-refractivity contribution in [1.29, 1.82) is 0 Å². The van der Waals surface area contributed by atoms with Gasteiger partial charge in [0.15, 0.2) is 0 Å². The minimum atomic E-state index is -2.59. The van der Waals surface area contributed by atoms with E-state index in [1.54, 1.807) is 0 Å². The molecule has 0 heterocycles. The maximum Gasteiger partial charge on any atom is 0.248 e. The van der Waals surface area contributed by atoms with Crippen LogP contribution in [-0.2, 0) is 4.79 Å². The van der Waals surface area contributed by atoms with Gasteiger partial charge in [-0.15, -0.1) is 0 Å². The van der Waals surface area contributed by atoms with E-state index in [4.69, 9.17) is 0 Å². The third kappa shape index (κ3) is 3.68. The second-order valence-electron chi connectivity index (χ2n) is 6.76. The van der Waals surface area contributed by atoms with Crippen LogP contribution in [0.25, 0.3) is 0 Å². The second kappa shape index (κ2) is 5.96. The van der Waals surface area contributed by atoms with Crippen LogP contribution >= 0.6 is 0 Å². The number of aliphatic hydroxyl groups excluding tert-OH is 1. The summed E-state index contributed by atoms with van der Waals surface area (Å²) in [5.41, 5.74) is -0.271. The number of carbonyl (C=O) groups is 1. The van der Waals surface area contributed by atoms with Crippen LogP contribution < -0.4 is 5.32 Å². The van der Waals surface area contributed by atoms with Gasteiger partial charge in [0.05, 0.1) is 6.10 Å². The third-order valence-corrected chi connectivity index (χ3v) is 5.03. The molecule has 0 saturated heterocycles. The summed E-state index contributed by atoms with van der Waals surface area (Å²) in [6.07, 6.45) is 3.54. The number of aliphatic hydroxyl groups is 1. The summed E-state index contributed by atoms with van der Waals surface area (Å²) in [7, 11) is 0. The lowest BCUT2D eigenvalue weighted by Gasteiger charge is -2.39. The van der Waals surface area contributed by atoms with Gasteiger partial charge >= 0.3 is 0 Å². The van der Waals surface area contributed by atoms with Crippen LogP contribution in [0.2, 0.25) is 0 Å². The zero-order valence-corrected chi connectivity index (χ0v) is 12.1. The first kappa shape index (κ1) is 15.7. The SMILES string of the molecule is C[C@]1(CNC(=O)C2CCC(F)(F)CC2)CCCC[C@@H]1O. The van der Waals surface area contributed by atoms with Crippen LogP contribution in [0.5, 0.6) is 0 Å². The van der Waals surface area contributed by atoms with Gasteiger partial charge in [0.1, 0.15) is 0 Å². The molecule has 3 nitrogen and oxygen atoms in total. The monoisotopic (exact) mass is 289 g/mol. The minimum Gasteiger partial charge on any atom is -0.392 e. The van der Waals surface area contributed by atoms with E-state index in [2.05, 4.69) is 5.32 Å². The molecular weight excluding hydrogens is 264 g/mol. The minimum absolute atomic E-state index is 0.125. The van der Waals surface area contributed by atoms with Crippen LogP contribution in [-0.4, -0.2) is 29.6 Å². The van der Waals surface area contributed by atoms with Gasteiger partial charge in [0, 0.05) is 30.7 Å². The van der Waals surface area contributed by atoms with Gasteiger partial charge in [-0.25, -0.2) is 8.78 Å². The maximum absolute atomic E-state index is 13.1. The molecule has 2 aliphatic carbocycles. The molecule has 0 aromatic rings. The van der Waals surface area contributed by atoms with Crippen molar-refractivity contribution in [3.05, 3.63) is 0 Å². The molecule has 2 saturated carbocycles. The molecular formula is C15H25F2NO2. The topological polar surface area (TPSA) is 49.3 Å². The van der Waals surface area contributed by atoms with E-state index < -0.39 is 5.92 Å². The summed E-state index contributed by atoms with van der Waals surface area (Å²) in [6.45, 7) is 2.44. The van der Waals surface area contributed by atoms with Crippen LogP contribution in [0.3, 0.4) is 0 Å². The van der Waals surface area contributed by atoms with E-state index in [0.29, 0.717) is 6.54 Å². The van der Waals surface area contributed by atoms with Gasteiger partial charge in [-0.1, -0.05) is 19.8 Å². The fraction of sp³-hybridized carbons (Fsp3) is 0.933. The summed E-state index contributed by atoms with van der Waals surface area (Å²) in [6, 6.07) is 0. The van der Waals surface area contributed by atoms with Crippen molar-refractivity contribution in [2.45, 2.75) is 70.3 Å². The van der Waals surface area contributed by atoms with Gasteiger partial charge < -0.3 is 10.4 Å². The Kier molecular flexibility index (Phi) is 4.67. The second-order valence-corrected chi connectivity index (χ2v) is 6.76. The number of rotatable bonds is 3. The molecule has 0 aliphatic heterocycles. The Morgan fingerprint density at radius 3 is 2.45 bits per heavy atom. The summed E-state index contributed by atoms with van der Waals surface area (Å²) in [4.78, 5) is 12.1. The Hall–Kier alpha value is -0.710. The van der Waals surface area contributed by atoms with E-state index >= 15 is 0 Å². The van der Waals surface area contributed by atoms with Crippen molar-refractivity contribution < 1.29 is 18.7 Å². The Morgan fingerprint density at radius 1 is 1.20 bits per heavy atom. The number of amides is 1. The molecule has 5 heteroatoms. The van der Waals surface area contributed by atoms with Crippen LogP contribution in [0.4, 0.5) is 8.78 Å². The number of nitrogens with one attached hydrogen (secondary N) is 1. The van der Waals surface area contributed by atoms with Crippen LogP contribution in [0, 0.1) is 11.3 Å². The summed E-state index contributed by atoms with van der Waals surface area (Å²) in [5, 5.41) is 12.9. The van der Waals surface area contributed by atoms with Crippen molar-refractivity contribution in [3.8, 4) is 0 Å². The highest BCUT2D eigenvalue weighted by molar-refractivity contribution is 5.78. The highest BCUT2D eigenvalue weighted by Gasteiger charge is 2.39. The quantitative estimate of drug-likeness (QED) is 0.839. The van der Waals surface area contributed by atoms with Gasteiger partial charge in [0.25, 0.3) is 0 Å². The molecule has 0 bridgehead atoms. The lowest BCUT2D eigenvalue weighted by Crippen LogP contribution is -2.47. The zero-order chi connectivity index (χ0) is 14.8. The Bertz CT molecular complexity index is 352. The lowest BCUT2D eigenvalue weighted by molar-refractivity contribution is -0.130. The fourth-order valence-electron chi connectivity index (χ4n) is 3.32. The molecule has 116 valence electrons. The molecule has 2 fully saturated rings. The van der Waals surface area contributed by atoms with E-state index in [0.717, 1.165) is 25.7 Å². The van der Waals surface area contributed by atoms with Crippen molar-refractivity contribution >= 4 is 5.91 Å². The summed E-state index contributed by atoms with van der Waals surface area (Å²) in [5.74, 6) is -3.01. The van der Waals surface area contributed by atoms with Gasteiger partial charge in [-0.3, -0.25) is 4.79 Å². The first-order valence-electron chi connectivity index (χ1n) is 7.66. The number of alkyl halides is 2. The molecule has 0 aromatic heterocycles. The highest BCUT2D eigenvalue weighted by atomic mass is 19.3. The van der Waals surface area contributed by atoms with E-state index in [1.807, 2.05) is 6.92 Å². The predicted molar refractivity (Wildman–Crippen MR) is 72.5 cm³/mol. The van der Waals surface area contributed by atoms with Crippen LogP contribution in [0.1, 0.15) is 58.3 Å². The van der Waals surface area contributed by atoms with Gasteiger partial charge in [0.2, 0.25) is 11.8 Å². The standard InChI is InChI=1S/C15H25F2NO2/c1-14(7-3-2-4-12(14)19)10-18-13(20)11-5-8-15(16,17)9-6-11/h11-12,19H,2-10H2,1H3,(H,18,20)/t12-,14+/m0/s1. The van der Waals surface area contributed by atoms with Gasteiger partial charge in [-0.2, -0.15) is 0 Å². The summed E-state index contributed by atoms with van der Waals surface area (Å²) < 4.78 is 26.1. The smallest absolute Gasteiger partial charge is 0.248 e. The van der Waals surface area contributed by atoms with Crippen LogP contribution in [0.15, 0.2) is 0 Å². The number of halogens is 2. The fourth-order valence-corrected chi connectivity index (χ4v) is 3.32. The number of hydrogen-bond donors (Lipinski definition) is 2. The molecule has 0 aromatic carbocycles. The normalized spacial score (nSPS) is 34.7. The average Bonchev–Trinajstić information content (AvgIpc) is 2.40. The molecule has 1 amide bonds. The Labute approximate surface area is 119 Å². The van der Waals surface area contributed by atoms with Crippen molar-refractivity contribution in [1.82, 2.24) is 5.32 Å². The van der Waals surface area contributed by atoms with E-state index in [-0.39, 0.29) is 49.0 Å². The Balaban J connectivity index is 1.80. The Morgan fingerprint density at radius 2 is 1.85 bits per heavy atom. The van der Waals surface area contributed by atoms with Gasteiger partial charge in [-0.05, 0) is 25.7 Å². The predicted octanol–water partition coefficient (Wildman–Crippen LogP) is 2.87. The van der Waals surface area contributed by atoms with Crippen molar-refractivity contribution in [3.63, 3.8) is 0 Å². The van der Waals surface area contributed by atoms with Crippen molar-refractivity contribution in [2.24, 2.45) is 11.3 Å². The lowest BCUT2D eigenvalue weighted by atomic mass is 9.73. The molecule has 20 heavy (non-hydrogen) atoms. The average molecular weight is 289 g/mol. The first-order chi connectivity index (χ1) is 9.32.